The van der Waals surface area contributed by atoms with E-state index in [1.54, 1.807) is 0 Å². The summed E-state index contributed by atoms with van der Waals surface area (Å²) in [6, 6.07) is 0. The zero-order valence-corrected chi connectivity index (χ0v) is 14.6. The molecule has 0 radical (unpaired) electrons. The summed E-state index contributed by atoms with van der Waals surface area (Å²) in [4.78, 5) is 30.3. The molecule has 0 unspecified atom stereocenters. The fourth-order valence-electron chi connectivity index (χ4n) is 1.69. The summed E-state index contributed by atoms with van der Waals surface area (Å²) < 4.78 is 8.86. The summed E-state index contributed by atoms with van der Waals surface area (Å²) in [6.45, 7) is 5.56. The van der Waals surface area contributed by atoms with Crippen molar-refractivity contribution in [3.05, 3.63) is 0 Å². The summed E-state index contributed by atoms with van der Waals surface area (Å²) in [5.74, 6) is 0.0488. The summed E-state index contributed by atoms with van der Waals surface area (Å²) >= 11 is 0. The van der Waals surface area contributed by atoms with Crippen LogP contribution in [0.15, 0.2) is 0 Å². The minimum Gasteiger partial charge on any atom is -0.469 e. The molecule has 0 heterocycles. The molecule has 0 aliphatic heterocycles. The van der Waals surface area contributed by atoms with Crippen LogP contribution in [0, 0.1) is 0 Å². The molecule has 1 fully saturated rings. The Hall–Kier alpha value is -1.39. The molecule has 0 aromatic heterocycles. The molecule has 22 heavy (non-hydrogen) atoms. The predicted molar refractivity (Wildman–Crippen MR) is 86.6 cm³/mol. The van der Waals surface area contributed by atoms with Crippen LogP contribution in [0.4, 0.5) is 0 Å². The Morgan fingerprint density at radius 3 is 1.82 bits per heavy atom. The number of esters is 2. The summed E-state index contributed by atoms with van der Waals surface area (Å²) in [7, 11) is 1.35. The number of unbranched alkanes of at least 4 members (excludes halogenated alkanes) is 3. The van der Waals surface area contributed by atoms with Crippen LogP contribution < -0.4 is 0 Å². The van der Waals surface area contributed by atoms with Crippen molar-refractivity contribution in [2.75, 3.05) is 13.7 Å². The molecule has 0 atom stereocenters. The molecule has 5 heteroatoms. The number of methoxy groups -OCH3 is 1. The Balaban J connectivity index is 0. The van der Waals surface area contributed by atoms with Gasteiger partial charge in [-0.3, -0.25) is 14.4 Å². The number of rotatable bonds is 5. The van der Waals surface area contributed by atoms with Gasteiger partial charge in [-0.25, -0.2) is 0 Å². The van der Waals surface area contributed by atoms with E-state index >= 15 is 0 Å². The molecule has 0 saturated heterocycles. The summed E-state index contributed by atoms with van der Waals surface area (Å²) in [6.07, 6.45) is 9.88. The molecule has 1 aliphatic rings. The fourth-order valence-corrected chi connectivity index (χ4v) is 1.69. The van der Waals surface area contributed by atoms with Gasteiger partial charge in [-0.05, 0) is 19.3 Å². The minimum atomic E-state index is -0.245. The highest BCUT2D eigenvalue weighted by molar-refractivity contribution is 5.78. The van der Waals surface area contributed by atoms with Crippen LogP contribution in [0.25, 0.3) is 0 Å². The van der Waals surface area contributed by atoms with Gasteiger partial charge in [0.2, 0.25) is 0 Å². The zero-order valence-electron chi connectivity index (χ0n) is 14.6. The van der Waals surface area contributed by atoms with Gasteiger partial charge in [-0.15, -0.1) is 0 Å². The van der Waals surface area contributed by atoms with E-state index in [0.29, 0.717) is 12.4 Å². The van der Waals surface area contributed by atoms with E-state index in [9.17, 15) is 14.4 Å². The van der Waals surface area contributed by atoms with Gasteiger partial charge in [0.15, 0.2) is 0 Å². The number of carbonyl (C=O) groups excluding carboxylic acids is 3. The average molecular weight is 316 g/mol. The number of hydrogen-bond acceptors (Lipinski definition) is 5. The average Bonchev–Trinajstić information content (AvgIpc) is 2.49. The minimum absolute atomic E-state index is 0.170. The lowest BCUT2D eigenvalue weighted by molar-refractivity contribution is -0.141. The van der Waals surface area contributed by atoms with Gasteiger partial charge >= 0.3 is 11.9 Å². The van der Waals surface area contributed by atoms with E-state index in [0.717, 1.165) is 32.1 Å². The van der Waals surface area contributed by atoms with E-state index in [2.05, 4.69) is 11.7 Å². The smallest absolute Gasteiger partial charge is 0.302 e. The van der Waals surface area contributed by atoms with Gasteiger partial charge in [-0.2, -0.15) is 0 Å². The molecule has 0 spiro atoms. The molecule has 0 bridgehead atoms. The molecule has 1 saturated carbocycles. The van der Waals surface area contributed by atoms with E-state index in [1.165, 1.54) is 46.6 Å². The van der Waals surface area contributed by atoms with Crippen molar-refractivity contribution < 1.29 is 23.9 Å². The van der Waals surface area contributed by atoms with Crippen molar-refractivity contribution in [2.45, 2.75) is 78.6 Å². The van der Waals surface area contributed by atoms with Gasteiger partial charge in [0.1, 0.15) is 5.78 Å². The lowest BCUT2D eigenvalue weighted by atomic mass is 10.00. The van der Waals surface area contributed by atoms with Crippen molar-refractivity contribution in [3.63, 3.8) is 0 Å². The molecular weight excluding hydrogens is 284 g/mol. The zero-order chi connectivity index (χ0) is 17.2. The number of ketones is 1. The van der Waals surface area contributed by atoms with Crippen LogP contribution in [-0.4, -0.2) is 31.4 Å². The first-order chi connectivity index (χ1) is 10.4. The lowest BCUT2D eigenvalue weighted by Gasteiger charge is -2.05. The first-order valence-electron chi connectivity index (χ1n) is 8.13. The van der Waals surface area contributed by atoms with E-state index in [4.69, 9.17) is 4.74 Å². The molecule has 0 amide bonds. The molecular formula is C17H32O5. The standard InChI is InChI=1S/C8H16O2.C6H10O.C3H6O2/c1-3-4-5-6-7-10-8(2)9;7-6-4-2-1-3-5-6;1-3(4)5-2/h3-7H2,1-2H3;1-5H2;1-2H3. The number of ether oxygens (including phenoxy) is 2. The monoisotopic (exact) mass is 316 g/mol. The lowest BCUT2D eigenvalue weighted by Crippen LogP contribution is -2.02. The van der Waals surface area contributed by atoms with E-state index in [-0.39, 0.29) is 11.9 Å². The van der Waals surface area contributed by atoms with Gasteiger partial charge in [-0.1, -0.05) is 32.6 Å². The predicted octanol–water partition coefficient (Wildman–Crippen LogP) is 3.83. The maximum Gasteiger partial charge on any atom is 0.302 e. The third-order valence-corrected chi connectivity index (χ3v) is 3.00. The van der Waals surface area contributed by atoms with Crippen LogP contribution in [0.1, 0.15) is 78.6 Å². The Bertz CT molecular complexity index is 291. The van der Waals surface area contributed by atoms with Crippen LogP contribution in [0.5, 0.6) is 0 Å². The number of hydrogen-bond donors (Lipinski definition) is 0. The van der Waals surface area contributed by atoms with Crippen molar-refractivity contribution >= 4 is 17.7 Å². The first-order valence-corrected chi connectivity index (χ1v) is 8.13. The highest BCUT2D eigenvalue weighted by atomic mass is 16.5. The van der Waals surface area contributed by atoms with Crippen molar-refractivity contribution in [1.29, 1.82) is 0 Å². The van der Waals surface area contributed by atoms with Gasteiger partial charge in [0.05, 0.1) is 13.7 Å². The fraction of sp³-hybridized carbons (Fsp3) is 0.824. The molecule has 0 aromatic carbocycles. The SMILES string of the molecule is CCCCCCOC(C)=O.COC(C)=O.O=C1CCCCC1. The summed E-state index contributed by atoms with van der Waals surface area (Å²) in [5, 5.41) is 0. The van der Waals surface area contributed by atoms with Crippen molar-refractivity contribution in [2.24, 2.45) is 0 Å². The molecule has 0 N–H and O–H groups in total. The maximum absolute atomic E-state index is 10.5. The van der Waals surface area contributed by atoms with Crippen LogP contribution in [0.3, 0.4) is 0 Å². The molecule has 1 rings (SSSR count). The molecule has 130 valence electrons. The third kappa shape index (κ3) is 23.7. The van der Waals surface area contributed by atoms with Crippen molar-refractivity contribution in [3.8, 4) is 0 Å². The second-order valence-electron chi connectivity index (χ2n) is 5.20. The third-order valence-electron chi connectivity index (χ3n) is 3.00. The maximum atomic E-state index is 10.5. The van der Waals surface area contributed by atoms with Crippen LogP contribution in [-0.2, 0) is 23.9 Å². The topological polar surface area (TPSA) is 69.7 Å². The van der Waals surface area contributed by atoms with E-state index in [1.807, 2.05) is 0 Å². The second kappa shape index (κ2) is 17.7. The molecule has 1 aliphatic carbocycles. The number of Topliss-reactive ketones (excluding diaryl/α,β-unsaturated/α-hetero) is 1. The van der Waals surface area contributed by atoms with Crippen LogP contribution >= 0.6 is 0 Å². The van der Waals surface area contributed by atoms with Gasteiger partial charge in [0, 0.05) is 26.7 Å². The number of carbonyl (C=O) groups is 3. The first kappa shape index (κ1) is 22.9. The highest BCUT2D eigenvalue weighted by Crippen LogP contribution is 2.12. The second-order valence-corrected chi connectivity index (χ2v) is 5.20. The quantitative estimate of drug-likeness (QED) is 0.569. The largest absolute Gasteiger partial charge is 0.469 e. The highest BCUT2D eigenvalue weighted by Gasteiger charge is 2.05. The summed E-state index contributed by atoms with van der Waals surface area (Å²) in [5.41, 5.74) is 0. The van der Waals surface area contributed by atoms with Gasteiger partial charge < -0.3 is 9.47 Å². The van der Waals surface area contributed by atoms with Crippen LogP contribution in [0.2, 0.25) is 0 Å². The van der Waals surface area contributed by atoms with Gasteiger partial charge in [0.25, 0.3) is 0 Å². The Labute approximate surface area is 134 Å². The molecule has 0 aromatic rings. The Morgan fingerprint density at radius 1 is 0.955 bits per heavy atom. The Morgan fingerprint density at radius 2 is 1.50 bits per heavy atom. The normalized spacial score (nSPS) is 13.0. The molecule has 5 nitrogen and oxygen atoms in total. The van der Waals surface area contributed by atoms with E-state index < -0.39 is 0 Å². The van der Waals surface area contributed by atoms with Crippen molar-refractivity contribution in [1.82, 2.24) is 0 Å². The Kier molecular flexibility index (Phi) is 18.4.